The maximum absolute atomic E-state index is 13.5. The van der Waals surface area contributed by atoms with Gasteiger partial charge in [-0.3, -0.25) is 14.4 Å². The van der Waals surface area contributed by atoms with Gasteiger partial charge in [-0.25, -0.2) is 0 Å². The maximum atomic E-state index is 13.5. The molecule has 0 bridgehead atoms. The van der Waals surface area contributed by atoms with Crippen LogP contribution in [-0.4, -0.2) is 58.1 Å². The van der Waals surface area contributed by atoms with Gasteiger partial charge in [0.15, 0.2) is 0 Å². The zero-order valence-electron chi connectivity index (χ0n) is 27.7. The van der Waals surface area contributed by atoms with Crippen molar-refractivity contribution in [2.24, 2.45) is 51.8 Å². The van der Waals surface area contributed by atoms with E-state index in [0.29, 0.717) is 25.7 Å². The second-order valence-electron chi connectivity index (χ2n) is 16.5. The summed E-state index contributed by atoms with van der Waals surface area (Å²) in [5.41, 5.74) is -2.24. The highest BCUT2D eigenvalue weighted by atomic mass is 16.6. The van der Waals surface area contributed by atoms with Crippen LogP contribution in [-0.2, 0) is 28.6 Å². The third-order valence-corrected chi connectivity index (χ3v) is 13.3. The van der Waals surface area contributed by atoms with Gasteiger partial charge >= 0.3 is 17.9 Å². The highest BCUT2D eigenvalue weighted by Crippen LogP contribution is 2.69. The molecule has 1 aliphatic heterocycles. The summed E-state index contributed by atoms with van der Waals surface area (Å²) in [5.74, 6) is -0.379. The van der Waals surface area contributed by atoms with E-state index < -0.39 is 29.2 Å². The van der Waals surface area contributed by atoms with Crippen molar-refractivity contribution in [3.63, 3.8) is 0 Å². The molecule has 4 aliphatic carbocycles. The second-order valence-corrected chi connectivity index (χ2v) is 16.5. The molecule has 0 radical (unpaired) electrons. The quantitative estimate of drug-likeness (QED) is 0.297. The highest BCUT2D eigenvalue weighted by molar-refractivity contribution is 5.76. The highest BCUT2D eigenvalue weighted by Gasteiger charge is 2.68. The molecule has 0 aromatic rings. The van der Waals surface area contributed by atoms with Crippen molar-refractivity contribution in [1.82, 2.24) is 0 Å². The predicted molar refractivity (Wildman–Crippen MR) is 160 cm³/mol. The van der Waals surface area contributed by atoms with Gasteiger partial charge in [-0.05, 0) is 93.8 Å². The van der Waals surface area contributed by atoms with E-state index in [4.69, 9.17) is 14.2 Å². The van der Waals surface area contributed by atoms with Crippen molar-refractivity contribution >= 4 is 17.9 Å². The van der Waals surface area contributed by atoms with E-state index in [1.54, 1.807) is 0 Å². The monoisotopic (exact) mass is 604 g/mol. The van der Waals surface area contributed by atoms with Gasteiger partial charge in [-0.15, -0.1) is 0 Å². The maximum Gasteiger partial charge on any atom is 0.311 e. The number of rotatable bonds is 6. The van der Waals surface area contributed by atoms with Crippen molar-refractivity contribution in [1.29, 1.82) is 0 Å². The predicted octanol–water partition coefficient (Wildman–Crippen LogP) is 5.60. The van der Waals surface area contributed by atoms with Gasteiger partial charge < -0.3 is 24.4 Å². The largest absolute Gasteiger partial charge is 0.462 e. The minimum Gasteiger partial charge on any atom is -0.462 e. The molecule has 8 heteroatoms. The summed E-state index contributed by atoms with van der Waals surface area (Å²) >= 11 is 0. The Morgan fingerprint density at radius 3 is 2.37 bits per heavy atom. The fourth-order valence-corrected chi connectivity index (χ4v) is 10.5. The summed E-state index contributed by atoms with van der Waals surface area (Å²) in [6.45, 7) is 16.3. The van der Waals surface area contributed by atoms with E-state index >= 15 is 0 Å². The van der Waals surface area contributed by atoms with Crippen LogP contribution in [0.2, 0.25) is 0 Å². The third-order valence-electron chi connectivity index (χ3n) is 13.3. The van der Waals surface area contributed by atoms with Crippen molar-refractivity contribution in [2.45, 2.75) is 150 Å². The lowest BCUT2D eigenvalue weighted by atomic mass is 9.41. The van der Waals surface area contributed by atoms with Gasteiger partial charge in [0.2, 0.25) is 0 Å². The van der Waals surface area contributed by atoms with E-state index in [9.17, 15) is 24.6 Å². The molecule has 4 saturated carbocycles. The zero-order chi connectivity index (χ0) is 31.7. The van der Waals surface area contributed by atoms with Gasteiger partial charge in [-0.1, -0.05) is 41.0 Å². The number of aliphatic hydroxyl groups excluding tert-OH is 1. The van der Waals surface area contributed by atoms with Crippen LogP contribution in [0.5, 0.6) is 0 Å². The number of hydrogen-bond acceptors (Lipinski definition) is 8. The van der Waals surface area contributed by atoms with Crippen LogP contribution in [0.15, 0.2) is 0 Å². The minimum atomic E-state index is -1.30. The first-order chi connectivity index (χ1) is 20.0. The molecular weight excluding hydrogens is 548 g/mol. The lowest BCUT2D eigenvalue weighted by Crippen LogP contribution is -2.67. The lowest BCUT2D eigenvalue weighted by molar-refractivity contribution is -0.256. The van der Waals surface area contributed by atoms with E-state index in [2.05, 4.69) is 27.7 Å². The van der Waals surface area contributed by atoms with Crippen LogP contribution in [0.3, 0.4) is 0 Å². The third kappa shape index (κ3) is 5.44. The number of ether oxygens (including phenoxy) is 3. The first-order valence-corrected chi connectivity index (χ1v) is 16.9. The Hall–Kier alpha value is -1.67. The molecule has 0 spiro atoms. The average molecular weight is 605 g/mol. The summed E-state index contributed by atoms with van der Waals surface area (Å²) < 4.78 is 18.4. The molecule has 5 aliphatic rings. The number of hydrogen-bond donors (Lipinski definition) is 2. The van der Waals surface area contributed by atoms with Gasteiger partial charge in [0.25, 0.3) is 0 Å². The van der Waals surface area contributed by atoms with Crippen LogP contribution >= 0.6 is 0 Å². The normalized spacial score (nSPS) is 46.3. The van der Waals surface area contributed by atoms with E-state index in [-0.39, 0.29) is 83.3 Å². The molecule has 12 atom stereocenters. The molecule has 1 heterocycles. The van der Waals surface area contributed by atoms with Crippen molar-refractivity contribution in [3.05, 3.63) is 0 Å². The molecule has 5 rings (SSSR count). The van der Waals surface area contributed by atoms with Crippen LogP contribution < -0.4 is 0 Å². The molecule has 1 saturated heterocycles. The Bertz CT molecular complexity index is 1100. The fourth-order valence-electron chi connectivity index (χ4n) is 10.5. The van der Waals surface area contributed by atoms with Gasteiger partial charge in [0, 0.05) is 24.7 Å². The summed E-state index contributed by atoms with van der Waals surface area (Å²) in [5, 5.41) is 23.0. The van der Waals surface area contributed by atoms with Gasteiger partial charge in [0.1, 0.15) is 23.9 Å². The van der Waals surface area contributed by atoms with Crippen molar-refractivity contribution < 1.29 is 38.8 Å². The van der Waals surface area contributed by atoms with E-state index in [1.165, 1.54) is 6.92 Å². The number of esters is 3. The molecule has 0 aromatic heterocycles. The van der Waals surface area contributed by atoms with Gasteiger partial charge in [0.05, 0.1) is 17.9 Å². The van der Waals surface area contributed by atoms with E-state index in [0.717, 1.165) is 25.7 Å². The zero-order valence-corrected chi connectivity index (χ0v) is 27.7. The molecule has 43 heavy (non-hydrogen) atoms. The standard InChI is InChI=1S/C35H56O8/c1-9-32(5,6)31(39)43-27-16-24-30(23-11-10-12-33(23,27)7)26(41-20(4)36)13-21-17-35(40,25(19(2)3)18-34(21,24)8)28-14-22(37)15-29(38)42-28/h19,21-28,30,37,40H,9-18H2,1-8H3/t21-,22-,23+,24+,25-,26-,27+,28-,30+,33-,34+,35+/m1/s1. The Kier molecular flexibility index (Phi) is 8.59. The van der Waals surface area contributed by atoms with Crippen molar-refractivity contribution in [3.8, 4) is 0 Å². The lowest BCUT2D eigenvalue weighted by Gasteiger charge is -2.66. The summed E-state index contributed by atoms with van der Waals surface area (Å²) in [6, 6.07) is 0. The molecule has 0 amide bonds. The number of aliphatic hydroxyl groups is 2. The molecule has 5 fully saturated rings. The summed E-state index contributed by atoms with van der Waals surface area (Å²) in [6.07, 6.45) is 4.34. The van der Waals surface area contributed by atoms with Gasteiger partial charge in [-0.2, -0.15) is 0 Å². The fraction of sp³-hybridized carbons (Fsp3) is 0.914. The van der Waals surface area contributed by atoms with Crippen molar-refractivity contribution in [2.75, 3.05) is 0 Å². The average Bonchev–Trinajstić information content (AvgIpc) is 3.31. The molecular formula is C35H56O8. The van der Waals surface area contributed by atoms with Crippen LogP contribution in [0, 0.1) is 51.8 Å². The molecule has 244 valence electrons. The topological polar surface area (TPSA) is 119 Å². The molecule has 0 unspecified atom stereocenters. The Labute approximate surface area is 258 Å². The Morgan fingerprint density at radius 2 is 1.77 bits per heavy atom. The Morgan fingerprint density at radius 1 is 1.07 bits per heavy atom. The molecule has 8 nitrogen and oxygen atoms in total. The SMILES string of the molecule is CCC(C)(C)C(=O)O[C@H]1C[C@H]2[C@@H]([C@H](OC(C)=O)C[C@@H]3C[C@@](O)([C@H]4C[C@@H](O)CC(=O)O4)[C@@H](C(C)C)C[C@@]32C)[C@@H]2CCC[C@@]12C. The van der Waals surface area contributed by atoms with E-state index in [1.807, 2.05) is 20.8 Å². The van der Waals surface area contributed by atoms with Crippen LogP contribution in [0.1, 0.15) is 120 Å². The number of carbonyl (C=O) groups is 3. The first kappa shape index (κ1) is 32.7. The smallest absolute Gasteiger partial charge is 0.311 e. The number of fused-ring (bicyclic) bond motifs is 5. The second kappa shape index (κ2) is 11.3. The van der Waals surface area contributed by atoms with Crippen LogP contribution in [0.4, 0.5) is 0 Å². The number of carbonyl (C=O) groups excluding carboxylic acids is 3. The first-order valence-electron chi connectivity index (χ1n) is 16.9. The number of cyclic esters (lactones) is 1. The van der Waals surface area contributed by atoms with Crippen LogP contribution in [0.25, 0.3) is 0 Å². The summed E-state index contributed by atoms with van der Waals surface area (Å²) in [4.78, 5) is 38.4. The Balaban J connectivity index is 1.55. The minimum absolute atomic E-state index is 0.00469. The molecule has 2 N–H and O–H groups in total. The summed E-state index contributed by atoms with van der Waals surface area (Å²) in [7, 11) is 0. The molecule has 0 aromatic carbocycles.